The van der Waals surface area contributed by atoms with Crippen molar-refractivity contribution in [1.82, 2.24) is 14.2 Å². The zero-order chi connectivity index (χ0) is 15.0. The number of hydrogen-bond acceptors (Lipinski definition) is 4. The highest BCUT2D eigenvalue weighted by Gasteiger charge is 2.13. The zero-order valence-electron chi connectivity index (χ0n) is 10.6. The first-order chi connectivity index (χ1) is 10.1. The molecule has 0 atom stereocenters. The molecule has 3 rings (SSSR count). The highest BCUT2D eigenvalue weighted by molar-refractivity contribution is 9.10. The van der Waals surface area contributed by atoms with Gasteiger partial charge in [0.15, 0.2) is 0 Å². The van der Waals surface area contributed by atoms with E-state index in [0.29, 0.717) is 15.6 Å². The topological polar surface area (TPSA) is 82.4 Å². The predicted molar refractivity (Wildman–Crippen MR) is 79.4 cm³/mol. The van der Waals surface area contributed by atoms with Gasteiger partial charge in [-0.25, -0.2) is 4.52 Å². The molecule has 0 spiro atoms. The maximum Gasteiger partial charge on any atom is 0.283 e. The molecule has 0 unspecified atom stereocenters. The van der Waals surface area contributed by atoms with Crippen molar-refractivity contribution in [3.05, 3.63) is 73.4 Å². The molecule has 0 amide bonds. The Labute approximate surface area is 126 Å². The van der Waals surface area contributed by atoms with Crippen LogP contribution >= 0.6 is 15.9 Å². The van der Waals surface area contributed by atoms with E-state index in [2.05, 4.69) is 21.0 Å². The summed E-state index contributed by atoms with van der Waals surface area (Å²) in [6.45, 7) is 0.259. The van der Waals surface area contributed by atoms with E-state index >= 15 is 0 Å². The lowest BCUT2D eigenvalue weighted by Gasteiger charge is -2.06. The van der Waals surface area contributed by atoms with E-state index in [1.807, 2.05) is 0 Å². The normalized spacial score (nSPS) is 10.9. The van der Waals surface area contributed by atoms with E-state index in [-0.39, 0.29) is 17.8 Å². The summed E-state index contributed by atoms with van der Waals surface area (Å²) in [7, 11) is 0. The predicted octanol–water partition coefficient (Wildman–Crippen LogP) is 2.21. The van der Waals surface area contributed by atoms with Crippen LogP contribution in [0.3, 0.4) is 0 Å². The van der Waals surface area contributed by atoms with Gasteiger partial charge in [-0.05, 0) is 33.6 Å². The maximum atomic E-state index is 12.2. The fourth-order valence-corrected chi connectivity index (χ4v) is 2.47. The van der Waals surface area contributed by atoms with Gasteiger partial charge in [-0.1, -0.05) is 6.07 Å². The molecule has 0 bridgehead atoms. The number of rotatable bonds is 3. The highest BCUT2D eigenvalue weighted by atomic mass is 79.9. The molecule has 0 saturated heterocycles. The standard InChI is InChI=1S/C13H9BrN4O3/c14-10-2-1-9(7-12(10)18(20)21)8-16-5-6-17-11(13(16)19)3-4-15-17/h1-7H,8H2. The molecule has 2 aromatic heterocycles. The lowest BCUT2D eigenvalue weighted by molar-refractivity contribution is -0.385. The SMILES string of the molecule is O=c1c2ccnn2ccn1Cc1ccc(Br)c([N+](=O)[O-])c1. The monoisotopic (exact) mass is 348 g/mol. The largest absolute Gasteiger partial charge is 0.308 e. The molecule has 0 fully saturated rings. The summed E-state index contributed by atoms with van der Waals surface area (Å²) in [5.41, 5.74) is 0.923. The van der Waals surface area contributed by atoms with E-state index in [0.717, 1.165) is 0 Å². The second kappa shape index (κ2) is 5.13. The minimum atomic E-state index is -0.462. The van der Waals surface area contributed by atoms with E-state index in [1.165, 1.54) is 15.1 Å². The molecule has 3 aromatic rings. The lowest BCUT2D eigenvalue weighted by atomic mass is 10.2. The fourth-order valence-electron chi connectivity index (χ4n) is 2.08. The van der Waals surface area contributed by atoms with Gasteiger partial charge in [0, 0.05) is 18.5 Å². The Hall–Kier alpha value is -2.48. The summed E-state index contributed by atoms with van der Waals surface area (Å²) in [6.07, 6.45) is 4.83. The van der Waals surface area contributed by atoms with Gasteiger partial charge in [-0.3, -0.25) is 14.9 Å². The molecule has 2 heterocycles. The number of hydrogen-bond donors (Lipinski definition) is 0. The van der Waals surface area contributed by atoms with Crippen molar-refractivity contribution < 1.29 is 4.92 Å². The van der Waals surface area contributed by atoms with E-state index in [9.17, 15) is 14.9 Å². The van der Waals surface area contributed by atoms with E-state index < -0.39 is 4.92 Å². The Balaban J connectivity index is 2.02. The molecular weight excluding hydrogens is 340 g/mol. The third kappa shape index (κ3) is 2.45. The van der Waals surface area contributed by atoms with E-state index in [1.54, 1.807) is 36.8 Å². The molecular formula is C13H9BrN4O3. The molecule has 0 aliphatic rings. The Morgan fingerprint density at radius 1 is 1.29 bits per heavy atom. The average Bonchev–Trinajstić information content (AvgIpc) is 2.93. The van der Waals surface area contributed by atoms with Crippen molar-refractivity contribution in [3.8, 4) is 0 Å². The van der Waals surface area contributed by atoms with Gasteiger partial charge in [0.05, 0.1) is 22.1 Å². The average molecular weight is 349 g/mol. The Morgan fingerprint density at radius 3 is 2.86 bits per heavy atom. The maximum absolute atomic E-state index is 12.2. The highest BCUT2D eigenvalue weighted by Crippen LogP contribution is 2.25. The second-order valence-electron chi connectivity index (χ2n) is 4.44. The second-order valence-corrected chi connectivity index (χ2v) is 5.29. The number of nitro benzene ring substituents is 1. The number of halogens is 1. The Morgan fingerprint density at radius 2 is 2.10 bits per heavy atom. The van der Waals surface area contributed by atoms with Crippen molar-refractivity contribution in [2.45, 2.75) is 6.54 Å². The van der Waals surface area contributed by atoms with Crippen LogP contribution < -0.4 is 5.56 Å². The number of fused-ring (bicyclic) bond motifs is 1. The van der Waals surface area contributed by atoms with Crippen LogP contribution in [-0.4, -0.2) is 19.1 Å². The molecule has 0 N–H and O–H groups in total. The minimum Gasteiger partial charge on any atom is -0.308 e. The first-order valence-corrected chi connectivity index (χ1v) is 6.81. The minimum absolute atomic E-state index is 0.0222. The molecule has 0 aliphatic heterocycles. The smallest absolute Gasteiger partial charge is 0.283 e. The summed E-state index contributed by atoms with van der Waals surface area (Å²) in [6, 6.07) is 6.43. The first-order valence-electron chi connectivity index (χ1n) is 6.02. The lowest BCUT2D eigenvalue weighted by Crippen LogP contribution is -2.21. The molecule has 1 aromatic carbocycles. The number of benzene rings is 1. The molecule has 0 saturated carbocycles. The number of aromatic nitrogens is 3. The van der Waals surface area contributed by atoms with Crippen LogP contribution in [0.4, 0.5) is 5.69 Å². The summed E-state index contributed by atoms with van der Waals surface area (Å²) < 4.78 is 3.39. The van der Waals surface area contributed by atoms with Gasteiger partial charge < -0.3 is 4.57 Å². The van der Waals surface area contributed by atoms with E-state index in [4.69, 9.17) is 0 Å². The fraction of sp³-hybridized carbons (Fsp3) is 0.0769. The van der Waals surface area contributed by atoms with Gasteiger partial charge >= 0.3 is 0 Å². The van der Waals surface area contributed by atoms with Crippen molar-refractivity contribution in [2.24, 2.45) is 0 Å². The molecule has 8 heteroatoms. The van der Waals surface area contributed by atoms with Crippen LogP contribution in [0.25, 0.3) is 5.52 Å². The van der Waals surface area contributed by atoms with Crippen molar-refractivity contribution >= 4 is 27.1 Å². The van der Waals surface area contributed by atoms with Crippen LogP contribution in [-0.2, 0) is 6.54 Å². The summed E-state index contributed by atoms with van der Waals surface area (Å²) >= 11 is 3.14. The summed E-state index contributed by atoms with van der Waals surface area (Å²) in [5, 5.41) is 14.9. The first kappa shape index (κ1) is 13.5. The number of nitro groups is 1. The van der Waals surface area contributed by atoms with Crippen LogP contribution in [0.15, 0.2) is 52.1 Å². The van der Waals surface area contributed by atoms with Gasteiger partial charge in [0.2, 0.25) is 0 Å². The van der Waals surface area contributed by atoms with Crippen molar-refractivity contribution in [2.75, 3.05) is 0 Å². The Bertz CT molecular complexity index is 900. The Kier molecular flexibility index (Phi) is 3.30. The van der Waals surface area contributed by atoms with Gasteiger partial charge in [-0.2, -0.15) is 5.10 Å². The van der Waals surface area contributed by atoms with Crippen LogP contribution in [0, 0.1) is 10.1 Å². The summed E-state index contributed by atoms with van der Waals surface area (Å²) in [4.78, 5) is 22.7. The molecule has 7 nitrogen and oxygen atoms in total. The summed E-state index contributed by atoms with van der Waals surface area (Å²) in [5.74, 6) is 0. The van der Waals surface area contributed by atoms with Gasteiger partial charge in [-0.15, -0.1) is 0 Å². The van der Waals surface area contributed by atoms with Gasteiger partial charge in [0.1, 0.15) is 5.52 Å². The molecule has 106 valence electrons. The molecule has 0 radical (unpaired) electrons. The van der Waals surface area contributed by atoms with Crippen molar-refractivity contribution in [1.29, 1.82) is 0 Å². The van der Waals surface area contributed by atoms with Crippen LogP contribution in [0.1, 0.15) is 5.56 Å². The third-order valence-corrected chi connectivity index (χ3v) is 3.77. The van der Waals surface area contributed by atoms with Crippen LogP contribution in [0.2, 0.25) is 0 Å². The number of nitrogens with zero attached hydrogens (tertiary/aromatic N) is 4. The molecule has 21 heavy (non-hydrogen) atoms. The van der Waals surface area contributed by atoms with Crippen LogP contribution in [0.5, 0.6) is 0 Å². The molecule has 0 aliphatic carbocycles. The quantitative estimate of drug-likeness (QED) is 0.536. The van der Waals surface area contributed by atoms with Crippen molar-refractivity contribution in [3.63, 3.8) is 0 Å². The van der Waals surface area contributed by atoms with Gasteiger partial charge in [0.25, 0.3) is 11.2 Å². The third-order valence-electron chi connectivity index (χ3n) is 3.10. The zero-order valence-corrected chi connectivity index (χ0v) is 12.2.